The van der Waals surface area contributed by atoms with E-state index < -0.39 is 23.7 Å². The number of hydrogen-bond acceptors (Lipinski definition) is 3. The minimum absolute atomic E-state index is 0.182. The second-order valence-corrected chi connectivity index (χ2v) is 6.30. The highest BCUT2D eigenvalue weighted by Crippen LogP contribution is 2.26. The van der Waals surface area contributed by atoms with Crippen LogP contribution in [-0.4, -0.2) is 30.4 Å². The lowest BCUT2D eigenvalue weighted by molar-refractivity contribution is -0.149. The van der Waals surface area contributed by atoms with Crippen molar-refractivity contribution in [3.8, 4) is 17.6 Å². The molecule has 4 nitrogen and oxygen atoms in total. The van der Waals surface area contributed by atoms with Crippen molar-refractivity contribution < 1.29 is 28.2 Å². The first kappa shape index (κ1) is 22.4. The Kier molecular flexibility index (Phi) is 8.66. The van der Waals surface area contributed by atoms with Gasteiger partial charge < -0.3 is 14.6 Å². The number of allylic oxidation sites excluding steroid dienone is 1. The van der Waals surface area contributed by atoms with E-state index in [-0.39, 0.29) is 18.6 Å². The highest BCUT2D eigenvalue weighted by molar-refractivity contribution is 6.32. The molecule has 0 aliphatic carbocycles. The van der Waals surface area contributed by atoms with E-state index in [0.717, 1.165) is 18.2 Å². The number of carbonyl (C=O) groups is 1. The van der Waals surface area contributed by atoms with E-state index in [2.05, 4.69) is 11.8 Å². The molecule has 0 fully saturated rings. The number of ether oxygens (including phenoxy) is 2. The normalized spacial score (nSPS) is 11.7. The van der Waals surface area contributed by atoms with Crippen LogP contribution in [0.1, 0.15) is 18.1 Å². The van der Waals surface area contributed by atoms with E-state index in [1.807, 2.05) is 0 Å². The maximum absolute atomic E-state index is 13.1. The molecule has 7 heteroatoms. The van der Waals surface area contributed by atoms with Gasteiger partial charge in [-0.2, -0.15) is 0 Å². The monoisotopic (exact) mass is 420 g/mol. The Hall–Kier alpha value is -2.88. The summed E-state index contributed by atoms with van der Waals surface area (Å²) in [5.41, 5.74) is 0.949. The minimum atomic E-state index is -1.03. The Morgan fingerprint density at radius 2 is 1.97 bits per heavy atom. The summed E-state index contributed by atoms with van der Waals surface area (Å²) in [5, 5.41) is 9.48. The van der Waals surface area contributed by atoms with Crippen LogP contribution < -0.4 is 4.74 Å². The molecule has 0 saturated carbocycles. The number of halogens is 3. The third kappa shape index (κ3) is 7.57. The van der Waals surface area contributed by atoms with Gasteiger partial charge in [0.2, 0.25) is 0 Å². The molecule has 0 aliphatic rings. The fourth-order valence-electron chi connectivity index (χ4n) is 2.42. The quantitative estimate of drug-likeness (QED) is 0.632. The van der Waals surface area contributed by atoms with Crippen molar-refractivity contribution in [2.75, 3.05) is 13.2 Å². The van der Waals surface area contributed by atoms with Gasteiger partial charge in [-0.15, -0.1) is 0 Å². The molecule has 0 heterocycles. The van der Waals surface area contributed by atoms with Crippen LogP contribution in [0.25, 0.3) is 0 Å². The van der Waals surface area contributed by atoms with E-state index in [9.17, 15) is 13.6 Å². The van der Waals surface area contributed by atoms with Crippen molar-refractivity contribution in [3.63, 3.8) is 0 Å². The number of aliphatic carboxylic acids is 1. The number of benzene rings is 2. The average Bonchev–Trinajstić information content (AvgIpc) is 2.64. The third-order valence-corrected chi connectivity index (χ3v) is 3.97. The van der Waals surface area contributed by atoms with E-state index in [1.54, 1.807) is 31.2 Å². The van der Waals surface area contributed by atoms with Gasteiger partial charge in [0.05, 0.1) is 5.02 Å². The zero-order valence-corrected chi connectivity index (χ0v) is 16.4. The zero-order valence-electron chi connectivity index (χ0n) is 15.6. The summed E-state index contributed by atoms with van der Waals surface area (Å²) in [6, 6.07) is 8.07. The van der Waals surface area contributed by atoms with Crippen LogP contribution in [-0.2, 0) is 16.0 Å². The van der Waals surface area contributed by atoms with E-state index in [1.165, 1.54) is 6.08 Å². The minimum Gasteiger partial charge on any atom is -0.488 e. The molecule has 1 atom stereocenters. The summed E-state index contributed by atoms with van der Waals surface area (Å²) in [6.07, 6.45) is 2.39. The summed E-state index contributed by atoms with van der Waals surface area (Å²) in [5.74, 6) is 3.32. The number of carboxylic acid groups (broad SMARTS) is 1. The fraction of sp³-hybridized carbons (Fsp3) is 0.227. The van der Waals surface area contributed by atoms with Gasteiger partial charge in [0, 0.05) is 24.7 Å². The summed E-state index contributed by atoms with van der Waals surface area (Å²) < 4.78 is 36.8. The fourth-order valence-corrected chi connectivity index (χ4v) is 2.67. The molecule has 0 saturated heterocycles. The van der Waals surface area contributed by atoms with Gasteiger partial charge in [0.1, 0.15) is 24.0 Å². The van der Waals surface area contributed by atoms with E-state index >= 15 is 0 Å². The number of carboxylic acids is 1. The maximum Gasteiger partial charge on any atom is 0.333 e. The van der Waals surface area contributed by atoms with Gasteiger partial charge in [0.15, 0.2) is 6.10 Å². The molecule has 2 aromatic carbocycles. The van der Waals surface area contributed by atoms with Crippen LogP contribution in [0.3, 0.4) is 0 Å². The van der Waals surface area contributed by atoms with Crippen LogP contribution in [0.15, 0.2) is 48.6 Å². The molecule has 0 spiro atoms. The van der Waals surface area contributed by atoms with Crippen LogP contribution in [0.4, 0.5) is 8.78 Å². The van der Waals surface area contributed by atoms with Gasteiger partial charge >= 0.3 is 5.97 Å². The molecule has 2 rings (SSSR count). The molecule has 0 aromatic heterocycles. The third-order valence-electron chi connectivity index (χ3n) is 3.68. The number of hydrogen-bond donors (Lipinski definition) is 1. The van der Waals surface area contributed by atoms with Crippen molar-refractivity contribution in [3.05, 3.63) is 76.3 Å². The molecular weight excluding hydrogens is 402 g/mol. The molecule has 1 N–H and O–H groups in total. The van der Waals surface area contributed by atoms with Crippen molar-refractivity contribution >= 4 is 17.6 Å². The van der Waals surface area contributed by atoms with Crippen LogP contribution in [0.5, 0.6) is 5.75 Å². The van der Waals surface area contributed by atoms with Crippen LogP contribution in [0.2, 0.25) is 5.02 Å². The van der Waals surface area contributed by atoms with E-state index in [4.69, 9.17) is 26.2 Å². The molecule has 152 valence electrons. The van der Waals surface area contributed by atoms with Crippen molar-refractivity contribution in [1.29, 1.82) is 0 Å². The predicted molar refractivity (Wildman–Crippen MR) is 106 cm³/mol. The van der Waals surface area contributed by atoms with Crippen LogP contribution >= 0.6 is 11.6 Å². The Morgan fingerprint density at radius 3 is 2.59 bits per heavy atom. The summed E-state index contributed by atoms with van der Waals surface area (Å²) >= 11 is 6.18. The van der Waals surface area contributed by atoms with Gasteiger partial charge in [0.25, 0.3) is 0 Å². The molecule has 0 unspecified atom stereocenters. The smallest absolute Gasteiger partial charge is 0.333 e. The first-order valence-electron chi connectivity index (χ1n) is 8.77. The SMILES string of the molecule is CCO[C@@H](Cc1ccc(OCC=CC#Cc2cc(F)cc(F)c2)c(Cl)c1)C(=O)O. The van der Waals surface area contributed by atoms with Gasteiger partial charge in [-0.3, -0.25) is 0 Å². The maximum atomic E-state index is 13.1. The highest BCUT2D eigenvalue weighted by atomic mass is 35.5. The summed E-state index contributed by atoms with van der Waals surface area (Å²) in [4.78, 5) is 11.2. The Labute approximate surface area is 172 Å². The predicted octanol–water partition coefficient (Wildman–Crippen LogP) is 4.64. The standard InChI is InChI=1S/C22H19ClF2O4/c1-2-28-21(22(26)27)13-16-7-8-20(19(23)12-16)29-9-5-3-4-6-15-10-17(24)14-18(25)11-15/h3,5,7-8,10-12,14,21H,2,9,13H2,1H3,(H,26,27)/t21-/m0/s1. The topological polar surface area (TPSA) is 55.8 Å². The zero-order chi connectivity index (χ0) is 21.2. The summed E-state index contributed by atoms with van der Waals surface area (Å²) in [6.45, 7) is 2.21. The van der Waals surface area contributed by atoms with E-state index in [0.29, 0.717) is 22.9 Å². The second-order valence-electron chi connectivity index (χ2n) is 5.89. The largest absolute Gasteiger partial charge is 0.488 e. The Balaban J connectivity index is 1.90. The lowest BCUT2D eigenvalue weighted by Crippen LogP contribution is -2.26. The van der Waals surface area contributed by atoms with Crippen molar-refractivity contribution in [1.82, 2.24) is 0 Å². The first-order valence-corrected chi connectivity index (χ1v) is 9.15. The lowest BCUT2D eigenvalue weighted by atomic mass is 10.1. The Bertz CT molecular complexity index is 927. The van der Waals surface area contributed by atoms with Gasteiger partial charge in [-0.05, 0) is 48.9 Å². The number of rotatable bonds is 8. The average molecular weight is 421 g/mol. The molecule has 2 aromatic rings. The molecule has 29 heavy (non-hydrogen) atoms. The van der Waals surface area contributed by atoms with Gasteiger partial charge in [-0.1, -0.05) is 29.5 Å². The van der Waals surface area contributed by atoms with Crippen molar-refractivity contribution in [2.45, 2.75) is 19.4 Å². The molecule has 0 bridgehead atoms. The highest BCUT2D eigenvalue weighted by Gasteiger charge is 2.18. The lowest BCUT2D eigenvalue weighted by Gasteiger charge is -2.13. The first-order chi connectivity index (χ1) is 13.9. The van der Waals surface area contributed by atoms with Crippen LogP contribution in [0, 0.1) is 23.5 Å². The Morgan fingerprint density at radius 1 is 1.24 bits per heavy atom. The summed E-state index contributed by atoms with van der Waals surface area (Å²) in [7, 11) is 0. The van der Waals surface area contributed by atoms with Gasteiger partial charge in [-0.25, -0.2) is 13.6 Å². The van der Waals surface area contributed by atoms with Crippen molar-refractivity contribution in [2.24, 2.45) is 0 Å². The second kappa shape index (κ2) is 11.2. The molecular formula is C22H19ClF2O4. The molecule has 0 aliphatic heterocycles. The molecule has 0 amide bonds. The molecule has 0 radical (unpaired) electrons.